The summed E-state index contributed by atoms with van der Waals surface area (Å²) in [5.74, 6) is -2.10. The van der Waals surface area contributed by atoms with E-state index in [4.69, 9.17) is 9.47 Å². The van der Waals surface area contributed by atoms with Crippen LogP contribution in [0.15, 0.2) is 78.4 Å². The lowest BCUT2D eigenvalue weighted by Crippen LogP contribution is -2.29. The highest BCUT2D eigenvalue weighted by Gasteiger charge is 2.48. The largest absolute Gasteiger partial charge is 0.507 e. The Labute approximate surface area is 184 Å². The van der Waals surface area contributed by atoms with Crippen LogP contribution in [-0.4, -0.2) is 31.0 Å². The third-order valence-corrected chi connectivity index (χ3v) is 5.34. The fraction of sp³-hybridized carbons (Fsp3) is 0.120. The van der Waals surface area contributed by atoms with Gasteiger partial charge >= 0.3 is 0 Å². The number of hydrogen-bond donors (Lipinski definition) is 1. The van der Waals surface area contributed by atoms with E-state index in [1.54, 1.807) is 54.6 Å². The van der Waals surface area contributed by atoms with Crippen molar-refractivity contribution in [3.8, 4) is 11.5 Å². The number of rotatable bonds is 5. The van der Waals surface area contributed by atoms with E-state index < -0.39 is 29.3 Å². The Hall–Kier alpha value is -4.13. The van der Waals surface area contributed by atoms with Crippen LogP contribution in [0.5, 0.6) is 11.5 Å². The number of carbonyl (C=O) groups is 2. The summed E-state index contributed by atoms with van der Waals surface area (Å²) in [5.41, 5.74) is 0.400. The first-order valence-corrected chi connectivity index (χ1v) is 9.80. The van der Waals surface area contributed by atoms with Crippen LogP contribution < -0.4 is 14.4 Å². The average Bonchev–Trinajstić information content (AvgIpc) is 3.09. The number of hydrogen-bond acceptors (Lipinski definition) is 5. The smallest absolute Gasteiger partial charge is 0.300 e. The minimum Gasteiger partial charge on any atom is -0.507 e. The number of halogens is 1. The number of para-hydroxylation sites is 1. The predicted molar refractivity (Wildman–Crippen MR) is 117 cm³/mol. The highest BCUT2D eigenvalue weighted by molar-refractivity contribution is 6.51. The summed E-state index contributed by atoms with van der Waals surface area (Å²) >= 11 is 0. The average molecular weight is 433 g/mol. The van der Waals surface area contributed by atoms with Crippen LogP contribution in [0, 0.1) is 5.82 Å². The van der Waals surface area contributed by atoms with Crippen molar-refractivity contribution in [2.45, 2.75) is 6.04 Å². The second-order valence-electron chi connectivity index (χ2n) is 7.09. The van der Waals surface area contributed by atoms with Crippen LogP contribution in [0.4, 0.5) is 10.1 Å². The van der Waals surface area contributed by atoms with Gasteiger partial charge in [-0.2, -0.15) is 0 Å². The molecular formula is C25H20FNO5. The number of aliphatic hydroxyl groups is 1. The van der Waals surface area contributed by atoms with E-state index in [2.05, 4.69) is 0 Å². The number of methoxy groups -OCH3 is 2. The molecule has 6 nitrogen and oxygen atoms in total. The van der Waals surface area contributed by atoms with Crippen molar-refractivity contribution < 1.29 is 28.6 Å². The van der Waals surface area contributed by atoms with E-state index in [9.17, 15) is 19.1 Å². The maximum absolute atomic E-state index is 14.9. The first-order chi connectivity index (χ1) is 15.5. The minimum absolute atomic E-state index is 0.0750. The van der Waals surface area contributed by atoms with E-state index in [1.165, 1.54) is 37.3 Å². The molecule has 0 radical (unpaired) electrons. The van der Waals surface area contributed by atoms with Gasteiger partial charge in [-0.15, -0.1) is 0 Å². The van der Waals surface area contributed by atoms with Crippen LogP contribution >= 0.6 is 0 Å². The molecule has 1 saturated heterocycles. The summed E-state index contributed by atoms with van der Waals surface area (Å²) < 4.78 is 25.5. The van der Waals surface area contributed by atoms with Crippen molar-refractivity contribution in [1.29, 1.82) is 0 Å². The number of anilines is 1. The third-order valence-electron chi connectivity index (χ3n) is 5.34. The standard InChI is InChI=1S/C25H20FNO5/c1-31-16-9-7-8-15(14-16)27-22(17-10-3-5-12-19(17)26)21(24(29)25(27)30)23(28)18-11-4-6-13-20(18)32-2/h3-14,22,28H,1-2H3/b23-21+. The number of ether oxygens (including phenoxy) is 2. The summed E-state index contributed by atoms with van der Waals surface area (Å²) in [5, 5.41) is 11.2. The maximum Gasteiger partial charge on any atom is 0.300 e. The van der Waals surface area contributed by atoms with Gasteiger partial charge in [-0.25, -0.2) is 4.39 Å². The first kappa shape index (κ1) is 21.1. The quantitative estimate of drug-likeness (QED) is 0.365. The molecule has 1 heterocycles. The number of benzene rings is 3. The Kier molecular flexibility index (Phi) is 5.64. The summed E-state index contributed by atoms with van der Waals surface area (Å²) in [6.07, 6.45) is 0. The highest BCUT2D eigenvalue weighted by atomic mass is 19.1. The van der Waals surface area contributed by atoms with Crippen LogP contribution in [0.2, 0.25) is 0 Å². The Bertz CT molecular complexity index is 1240. The molecule has 0 spiro atoms. The van der Waals surface area contributed by atoms with Gasteiger partial charge in [0.15, 0.2) is 0 Å². The minimum atomic E-state index is -1.19. The summed E-state index contributed by atoms with van der Waals surface area (Å²) in [7, 11) is 2.90. The molecule has 3 aromatic rings. The number of ketones is 1. The van der Waals surface area contributed by atoms with Crippen molar-refractivity contribution in [3.63, 3.8) is 0 Å². The van der Waals surface area contributed by atoms with Crippen molar-refractivity contribution in [1.82, 2.24) is 0 Å². The molecule has 1 aliphatic rings. The zero-order valence-corrected chi connectivity index (χ0v) is 17.4. The van der Waals surface area contributed by atoms with Gasteiger partial charge in [-0.05, 0) is 30.3 Å². The van der Waals surface area contributed by atoms with Crippen LogP contribution in [0.25, 0.3) is 5.76 Å². The number of nitrogens with zero attached hydrogens (tertiary/aromatic N) is 1. The fourth-order valence-corrected chi connectivity index (χ4v) is 3.84. The second-order valence-corrected chi connectivity index (χ2v) is 7.09. The lowest BCUT2D eigenvalue weighted by Gasteiger charge is -2.26. The first-order valence-electron chi connectivity index (χ1n) is 9.80. The van der Waals surface area contributed by atoms with Crippen molar-refractivity contribution in [2.75, 3.05) is 19.1 Å². The molecule has 1 aliphatic heterocycles. The Morgan fingerprint density at radius 1 is 0.938 bits per heavy atom. The normalized spacial score (nSPS) is 17.5. The molecule has 1 amide bonds. The molecule has 32 heavy (non-hydrogen) atoms. The zero-order chi connectivity index (χ0) is 22.8. The molecule has 7 heteroatoms. The topological polar surface area (TPSA) is 76.1 Å². The lowest BCUT2D eigenvalue weighted by atomic mass is 9.94. The van der Waals surface area contributed by atoms with Crippen molar-refractivity contribution in [3.05, 3.63) is 95.3 Å². The summed E-state index contributed by atoms with van der Waals surface area (Å²) in [6, 6.07) is 17.7. The molecule has 1 fully saturated rings. The van der Waals surface area contributed by atoms with Gasteiger partial charge in [-0.1, -0.05) is 36.4 Å². The van der Waals surface area contributed by atoms with E-state index in [0.29, 0.717) is 17.2 Å². The number of Topliss-reactive ketones (excluding diaryl/α,β-unsaturated/α-hetero) is 1. The number of aliphatic hydroxyl groups excluding tert-OH is 1. The highest BCUT2D eigenvalue weighted by Crippen LogP contribution is 2.44. The van der Waals surface area contributed by atoms with E-state index in [1.807, 2.05) is 0 Å². The van der Waals surface area contributed by atoms with Gasteiger partial charge in [0.25, 0.3) is 11.7 Å². The van der Waals surface area contributed by atoms with E-state index in [-0.39, 0.29) is 16.7 Å². The molecule has 162 valence electrons. The van der Waals surface area contributed by atoms with E-state index in [0.717, 1.165) is 0 Å². The van der Waals surface area contributed by atoms with Gasteiger partial charge in [-0.3, -0.25) is 14.5 Å². The summed E-state index contributed by atoms with van der Waals surface area (Å²) in [6.45, 7) is 0. The third kappa shape index (κ3) is 3.47. The van der Waals surface area contributed by atoms with Crippen molar-refractivity contribution >= 4 is 23.1 Å². The Balaban J connectivity index is 2.00. The molecule has 0 aromatic heterocycles. The van der Waals surface area contributed by atoms with Crippen LogP contribution in [0.3, 0.4) is 0 Å². The van der Waals surface area contributed by atoms with Crippen LogP contribution in [0.1, 0.15) is 17.2 Å². The molecule has 1 unspecified atom stereocenters. The summed E-state index contributed by atoms with van der Waals surface area (Å²) in [4.78, 5) is 27.5. The van der Waals surface area contributed by atoms with Gasteiger partial charge in [0.2, 0.25) is 0 Å². The van der Waals surface area contributed by atoms with E-state index >= 15 is 0 Å². The SMILES string of the molecule is COc1cccc(N2C(=O)C(=O)/C(=C(/O)c3ccccc3OC)C2c2ccccc2F)c1. The van der Waals surface area contributed by atoms with Gasteiger partial charge in [0.05, 0.1) is 31.4 Å². The Morgan fingerprint density at radius 3 is 2.38 bits per heavy atom. The molecule has 0 aliphatic carbocycles. The zero-order valence-electron chi connectivity index (χ0n) is 17.4. The molecule has 4 rings (SSSR count). The van der Waals surface area contributed by atoms with Gasteiger partial charge < -0.3 is 14.6 Å². The van der Waals surface area contributed by atoms with Gasteiger partial charge in [0, 0.05) is 17.3 Å². The fourth-order valence-electron chi connectivity index (χ4n) is 3.84. The predicted octanol–water partition coefficient (Wildman–Crippen LogP) is 4.47. The molecular weight excluding hydrogens is 413 g/mol. The number of carbonyl (C=O) groups excluding carboxylic acids is 2. The second kappa shape index (κ2) is 8.55. The Morgan fingerprint density at radius 2 is 1.66 bits per heavy atom. The van der Waals surface area contributed by atoms with Gasteiger partial charge in [0.1, 0.15) is 23.1 Å². The lowest BCUT2D eigenvalue weighted by molar-refractivity contribution is -0.132. The maximum atomic E-state index is 14.9. The molecule has 3 aromatic carbocycles. The van der Waals surface area contributed by atoms with Crippen molar-refractivity contribution in [2.24, 2.45) is 0 Å². The van der Waals surface area contributed by atoms with Crippen LogP contribution in [-0.2, 0) is 9.59 Å². The molecule has 0 saturated carbocycles. The molecule has 1 atom stereocenters. The number of amides is 1. The molecule has 0 bridgehead atoms. The monoisotopic (exact) mass is 433 g/mol. The molecule has 1 N–H and O–H groups in total.